The van der Waals surface area contributed by atoms with Crippen LogP contribution >= 0.6 is 0 Å². The second-order valence-electron chi connectivity index (χ2n) is 3.12. The maximum absolute atomic E-state index is 10.3. The van der Waals surface area contributed by atoms with Crippen LogP contribution in [0, 0.1) is 11.8 Å². The van der Waals surface area contributed by atoms with Crippen LogP contribution in [-0.2, 0) is 9.59 Å². The van der Waals surface area contributed by atoms with E-state index in [1.807, 2.05) is 0 Å². The van der Waals surface area contributed by atoms with Crippen LogP contribution in [-0.4, -0.2) is 28.2 Å². The summed E-state index contributed by atoms with van der Waals surface area (Å²) in [5.74, 6) is -2.31. The molecule has 0 spiro atoms. The molecule has 0 aromatic heterocycles. The van der Waals surface area contributed by atoms with E-state index >= 15 is 0 Å². The second kappa shape index (κ2) is 3.10. The summed E-state index contributed by atoms with van der Waals surface area (Å²) in [5.41, 5.74) is 5.23. The summed E-state index contributed by atoms with van der Waals surface area (Å²) in [5, 5.41) is 16.9. The Balaban J connectivity index is 2.27. The molecule has 1 rings (SSSR count). The van der Waals surface area contributed by atoms with Gasteiger partial charge >= 0.3 is 11.9 Å². The van der Waals surface area contributed by atoms with Gasteiger partial charge in [0, 0.05) is 0 Å². The molecule has 0 bridgehead atoms. The number of carboxylic acid groups (broad SMARTS) is 2. The molecule has 0 amide bonds. The van der Waals surface area contributed by atoms with Crippen molar-refractivity contribution >= 4 is 11.9 Å². The van der Waals surface area contributed by atoms with E-state index in [2.05, 4.69) is 0 Å². The Morgan fingerprint density at radius 3 is 2.42 bits per heavy atom. The first-order valence-corrected chi connectivity index (χ1v) is 3.73. The molecular formula is C7H11NO4. The summed E-state index contributed by atoms with van der Waals surface area (Å²) in [7, 11) is 0. The number of aliphatic carboxylic acids is 2. The molecule has 0 heterocycles. The fraction of sp³-hybridized carbons (Fsp3) is 0.714. The SMILES string of the molecule is N[C@@H](C[C@@H]1C[C@@H]1C(=O)O)C(=O)O. The molecule has 5 nitrogen and oxygen atoms in total. The van der Waals surface area contributed by atoms with Crippen LogP contribution in [0.3, 0.4) is 0 Å². The molecule has 0 unspecified atom stereocenters. The van der Waals surface area contributed by atoms with Crippen LogP contribution in [0.15, 0.2) is 0 Å². The van der Waals surface area contributed by atoms with Gasteiger partial charge in [0.2, 0.25) is 0 Å². The summed E-state index contributed by atoms with van der Waals surface area (Å²) in [6, 6.07) is -0.917. The second-order valence-corrected chi connectivity index (χ2v) is 3.12. The Kier molecular flexibility index (Phi) is 2.32. The summed E-state index contributed by atoms with van der Waals surface area (Å²) in [4.78, 5) is 20.6. The monoisotopic (exact) mass is 173 g/mol. The van der Waals surface area contributed by atoms with Crippen molar-refractivity contribution in [3.8, 4) is 0 Å². The molecule has 68 valence electrons. The van der Waals surface area contributed by atoms with Gasteiger partial charge in [0.15, 0.2) is 0 Å². The zero-order valence-corrected chi connectivity index (χ0v) is 6.43. The van der Waals surface area contributed by atoms with E-state index in [9.17, 15) is 9.59 Å². The van der Waals surface area contributed by atoms with Crippen LogP contribution in [0.1, 0.15) is 12.8 Å². The van der Waals surface area contributed by atoms with Gasteiger partial charge in [0.25, 0.3) is 0 Å². The first-order valence-electron chi connectivity index (χ1n) is 3.73. The highest BCUT2D eigenvalue weighted by Gasteiger charge is 2.44. The smallest absolute Gasteiger partial charge is 0.320 e. The number of rotatable bonds is 4. The normalized spacial score (nSPS) is 29.4. The fourth-order valence-corrected chi connectivity index (χ4v) is 1.24. The summed E-state index contributed by atoms with van der Waals surface area (Å²) in [6.07, 6.45) is 0.836. The quantitative estimate of drug-likeness (QED) is 0.532. The predicted octanol–water partition coefficient (Wildman–Crippen LogP) is -0.491. The van der Waals surface area contributed by atoms with Gasteiger partial charge in [-0.25, -0.2) is 0 Å². The molecule has 3 atom stereocenters. The third-order valence-electron chi connectivity index (χ3n) is 2.11. The average Bonchev–Trinajstić information content (AvgIpc) is 2.67. The van der Waals surface area contributed by atoms with Gasteiger partial charge in [-0.15, -0.1) is 0 Å². The molecule has 1 saturated carbocycles. The number of hydrogen-bond acceptors (Lipinski definition) is 3. The van der Waals surface area contributed by atoms with E-state index in [1.165, 1.54) is 0 Å². The van der Waals surface area contributed by atoms with Crippen LogP contribution in [0.25, 0.3) is 0 Å². The molecule has 1 aliphatic carbocycles. The van der Waals surface area contributed by atoms with Crippen molar-refractivity contribution < 1.29 is 19.8 Å². The molecular weight excluding hydrogens is 162 g/mol. The lowest BCUT2D eigenvalue weighted by Crippen LogP contribution is -2.30. The Labute approximate surface area is 69.2 Å². The Hall–Kier alpha value is -1.10. The lowest BCUT2D eigenvalue weighted by atomic mass is 10.1. The first kappa shape index (κ1) is 8.99. The van der Waals surface area contributed by atoms with Crippen LogP contribution < -0.4 is 5.73 Å². The van der Waals surface area contributed by atoms with Crippen LogP contribution in [0.5, 0.6) is 0 Å². The van der Waals surface area contributed by atoms with Crippen molar-refractivity contribution in [2.24, 2.45) is 17.6 Å². The minimum Gasteiger partial charge on any atom is -0.481 e. The minimum atomic E-state index is -1.06. The van der Waals surface area contributed by atoms with E-state index in [1.54, 1.807) is 0 Å². The minimum absolute atomic E-state index is 0.0337. The Bertz CT molecular complexity index is 215. The van der Waals surface area contributed by atoms with Gasteiger partial charge in [-0.05, 0) is 18.8 Å². The van der Waals surface area contributed by atoms with E-state index < -0.39 is 18.0 Å². The highest BCUT2D eigenvalue weighted by Crippen LogP contribution is 2.41. The van der Waals surface area contributed by atoms with Gasteiger partial charge in [0.1, 0.15) is 6.04 Å². The Morgan fingerprint density at radius 1 is 1.50 bits per heavy atom. The van der Waals surface area contributed by atoms with Crippen LogP contribution in [0.4, 0.5) is 0 Å². The highest BCUT2D eigenvalue weighted by atomic mass is 16.4. The molecule has 4 N–H and O–H groups in total. The number of nitrogens with two attached hydrogens (primary N) is 1. The molecule has 1 aliphatic rings. The van der Waals surface area contributed by atoms with Gasteiger partial charge in [0.05, 0.1) is 5.92 Å². The van der Waals surface area contributed by atoms with Crippen molar-refractivity contribution in [1.82, 2.24) is 0 Å². The molecule has 1 fully saturated rings. The maximum Gasteiger partial charge on any atom is 0.320 e. The average molecular weight is 173 g/mol. The van der Waals surface area contributed by atoms with Crippen molar-refractivity contribution in [3.63, 3.8) is 0 Å². The molecule has 0 radical (unpaired) electrons. The number of hydrogen-bond donors (Lipinski definition) is 3. The topological polar surface area (TPSA) is 101 Å². The van der Waals surface area contributed by atoms with Crippen LogP contribution in [0.2, 0.25) is 0 Å². The summed E-state index contributed by atoms with van der Waals surface area (Å²) >= 11 is 0. The molecule has 0 aromatic rings. The van der Waals surface area contributed by atoms with E-state index in [-0.39, 0.29) is 18.3 Å². The van der Waals surface area contributed by atoms with Crippen molar-refractivity contribution in [1.29, 1.82) is 0 Å². The summed E-state index contributed by atoms with van der Waals surface area (Å²) < 4.78 is 0. The number of carboxylic acids is 2. The first-order chi connectivity index (χ1) is 5.52. The molecule has 5 heteroatoms. The molecule has 0 saturated heterocycles. The zero-order chi connectivity index (χ0) is 9.30. The lowest BCUT2D eigenvalue weighted by molar-refractivity contribution is -0.140. The lowest BCUT2D eigenvalue weighted by Gasteiger charge is -2.03. The largest absolute Gasteiger partial charge is 0.481 e. The van der Waals surface area contributed by atoms with Gasteiger partial charge in [-0.3, -0.25) is 9.59 Å². The third-order valence-corrected chi connectivity index (χ3v) is 2.11. The molecule has 12 heavy (non-hydrogen) atoms. The van der Waals surface area contributed by atoms with Crippen molar-refractivity contribution in [2.45, 2.75) is 18.9 Å². The van der Waals surface area contributed by atoms with Gasteiger partial charge in [-0.1, -0.05) is 0 Å². The fourth-order valence-electron chi connectivity index (χ4n) is 1.24. The molecule has 0 aliphatic heterocycles. The van der Waals surface area contributed by atoms with E-state index in [0.717, 1.165) is 0 Å². The van der Waals surface area contributed by atoms with E-state index in [0.29, 0.717) is 6.42 Å². The summed E-state index contributed by atoms with van der Waals surface area (Å²) in [6.45, 7) is 0. The zero-order valence-electron chi connectivity index (χ0n) is 6.43. The van der Waals surface area contributed by atoms with Crippen molar-refractivity contribution in [3.05, 3.63) is 0 Å². The van der Waals surface area contributed by atoms with Gasteiger partial charge < -0.3 is 15.9 Å². The van der Waals surface area contributed by atoms with Gasteiger partial charge in [-0.2, -0.15) is 0 Å². The highest BCUT2D eigenvalue weighted by molar-refractivity contribution is 5.75. The van der Waals surface area contributed by atoms with E-state index in [4.69, 9.17) is 15.9 Å². The standard InChI is InChI=1S/C7H11NO4/c8-5(7(11)12)2-3-1-4(3)6(9)10/h3-5H,1-2,8H2,(H,9,10)(H,11,12)/t3-,4-,5-/m0/s1. The number of carbonyl (C=O) groups is 2. The van der Waals surface area contributed by atoms with Crippen molar-refractivity contribution in [2.75, 3.05) is 0 Å². The predicted molar refractivity (Wildman–Crippen MR) is 39.5 cm³/mol. The molecule has 0 aromatic carbocycles. The third kappa shape index (κ3) is 1.94. The Morgan fingerprint density at radius 2 is 2.08 bits per heavy atom. The maximum atomic E-state index is 10.3.